The second-order valence-electron chi connectivity index (χ2n) is 3.35. The molecular weight excluding hydrogens is 220 g/mol. The highest BCUT2D eigenvalue weighted by Gasteiger charge is 2.11. The first-order chi connectivity index (χ1) is 8.22. The van der Waals surface area contributed by atoms with Gasteiger partial charge in [0.15, 0.2) is 5.69 Å². The lowest BCUT2D eigenvalue weighted by Gasteiger charge is -2.02. The number of rotatable bonds is 2. The summed E-state index contributed by atoms with van der Waals surface area (Å²) < 4.78 is 4.54. The zero-order valence-corrected chi connectivity index (χ0v) is 9.14. The molecule has 0 bridgehead atoms. The minimum absolute atomic E-state index is 0.0750. The van der Waals surface area contributed by atoms with E-state index in [9.17, 15) is 9.59 Å². The number of carbonyl (C=O) groups is 1. The Kier molecular flexibility index (Phi) is 3.00. The maximum absolute atomic E-state index is 11.6. The van der Waals surface area contributed by atoms with Gasteiger partial charge in [-0.3, -0.25) is 4.79 Å². The second-order valence-corrected chi connectivity index (χ2v) is 3.35. The van der Waals surface area contributed by atoms with Gasteiger partial charge in [0.05, 0.1) is 12.7 Å². The maximum atomic E-state index is 11.6. The minimum atomic E-state index is -0.585. The number of nitrogens with zero attached hydrogens (tertiary/aromatic N) is 1. The lowest BCUT2D eigenvalue weighted by Crippen LogP contribution is -2.15. The highest BCUT2D eigenvalue weighted by atomic mass is 16.5. The summed E-state index contributed by atoms with van der Waals surface area (Å²) in [5.41, 5.74) is 0.845. The van der Waals surface area contributed by atoms with Crippen molar-refractivity contribution in [3.63, 3.8) is 0 Å². The highest BCUT2D eigenvalue weighted by Crippen LogP contribution is 2.14. The van der Waals surface area contributed by atoms with Crippen LogP contribution >= 0.6 is 0 Å². The average Bonchev–Trinajstić information content (AvgIpc) is 2.39. The first-order valence-electron chi connectivity index (χ1n) is 4.96. The van der Waals surface area contributed by atoms with Gasteiger partial charge in [-0.2, -0.15) is 5.10 Å². The molecule has 17 heavy (non-hydrogen) atoms. The predicted octanol–water partition coefficient (Wildman–Crippen LogP) is 1.22. The number of esters is 1. The van der Waals surface area contributed by atoms with Crippen LogP contribution in [0.25, 0.3) is 11.1 Å². The van der Waals surface area contributed by atoms with E-state index in [0.29, 0.717) is 5.56 Å². The average molecular weight is 230 g/mol. The Morgan fingerprint density at radius 1 is 1.29 bits per heavy atom. The summed E-state index contributed by atoms with van der Waals surface area (Å²) in [6.07, 6.45) is 0. The van der Waals surface area contributed by atoms with Gasteiger partial charge >= 0.3 is 5.97 Å². The summed E-state index contributed by atoms with van der Waals surface area (Å²) in [5, 5.41) is 5.90. The normalized spacial score (nSPS) is 9.94. The fourth-order valence-electron chi connectivity index (χ4n) is 1.45. The molecule has 0 saturated carbocycles. The molecule has 1 aromatic heterocycles. The van der Waals surface area contributed by atoms with Crippen molar-refractivity contribution < 1.29 is 9.53 Å². The van der Waals surface area contributed by atoms with Gasteiger partial charge < -0.3 is 4.74 Å². The molecule has 0 spiro atoms. The third-order valence-corrected chi connectivity index (χ3v) is 2.28. The second kappa shape index (κ2) is 4.61. The third-order valence-electron chi connectivity index (χ3n) is 2.28. The molecule has 0 aliphatic heterocycles. The number of nitrogens with one attached hydrogen (secondary N) is 1. The monoisotopic (exact) mass is 230 g/mol. The fraction of sp³-hybridized carbons (Fsp3) is 0.0833. The Hall–Kier alpha value is -2.43. The standard InChI is InChI=1S/C12H10N2O3/c1-17-12(16)10-7-9(11(15)14-13-10)8-5-3-2-4-6-8/h2-7H,1H3,(H,14,15). The molecule has 0 radical (unpaired) electrons. The number of methoxy groups -OCH3 is 1. The molecule has 86 valence electrons. The van der Waals surface area contributed by atoms with E-state index in [-0.39, 0.29) is 11.3 Å². The molecular formula is C12H10N2O3. The smallest absolute Gasteiger partial charge is 0.358 e. The van der Waals surface area contributed by atoms with Crippen LogP contribution in [0.4, 0.5) is 0 Å². The Labute approximate surface area is 97.1 Å². The summed E-state index contributed by atoms with van der Waals surface area (Å²) in [7, 11) is 1.26. The summed E-state index contributed by atoms with van der Waals surface area (Å²) in [5.74, 6) is -0.585. The maximum Gasteiger partial charge on any atom is 0.358 e. The molecule has 0 amide bonds. The van der Waals surface area contributed by atoms with Crippen molar-refractivity contribution in [2.75, 3.05) is 7.11 Å². The molecule has 0 aliphatic carbocycles. The van der Waals surface area contributed by atoms with Crippen LogP contribution in [-0.4, -0.2) is 23.3 Å². The number of aromatic nitrogens is 2. The molecule has 0 atom stereocenters. The minimum Gasteiger partial charge on any atom is -0.464 e. The van der Waals surface area contributed by atoms with E-state index < -0.39 is 5.97 Å². The van der Waals surface area contributed by atoms with E-state index in [1.807, 2.05) is 18.2 Å². The van der Waals surface area contributed by atoms with Crippen LogP contribution in [0.1, 0.15) is 10.5 Å². The molecule has 0 aliphatic rings. The van der Waals surface area contributed by atoms with E-state index in [2.05, 4.69) is 14.9 Å². The van der Waals surface area contributed by atoms with E-state index in [4.69, 9.17) is 0 Å². The van der Waals surface area contributed by atoms with Crippen molar-refractivity contribution in [2.24, 2.45) is 0 Å². The van der Waals surface area contributed by atoms with Crippen LogP contribution in [0.5, 0.6) is 0 Å². The van der Waals surface area contributed by atoms with Crippen LogP contribution in [0.15, 0.2) is 41.2 Å². The molecule has 2 rings (SSSR count). The number of ether oxygens (including phenoxy) is 1. The number of benzene rings is 1. The quantitative estimate of drug-likeness (QED) is 0.787. The Bertz CT molecular complexity index is 590. The van der Waals surface area contributed by atoms with Gasteiger partial charge in [0.1, 0.15) is 0 Å². The van der Waals surface area contributed by atoms with Crippen molar-refractivity contribution in [1.29, 1.82) is 0 Å². The Balaban J connectivity index is 2.55. The van der Waals surface area contributed by atoms with Gasteiger partial charge in [0, 0.05) is 0 Å². The van der Waals surface area contributed by atoms with Crippen LogP contribution in [0, 0.1) is 0 Å². The molecule has 0 fully saturated rings. The number of hydrogen-bond donors (Lipinski definition) is 1. The van der Waals surface area contributed by atoms with E-state index >= 15 is 0 Å². The first-order valence-corrected chi connectivity index (χ1v) is 4.96. The Morgan fingerprint density at radius 3 is 2.65 bits per heavy atom. The van der Waals surface area contributed by atoms with Gasteiger partial charge in [0.2, 0.25) is 0 Å². The summed E-state index contributed by atoms with van der Waals surface area (Å²) >= 11 is 0. The van der Waals surface area contributed by atoms with Gasteiger partial charge in [-0.05, 0) is 11.6 Å². The lowest BCUT2D eigenvalue weighted by molar-refractivity contribution is 0.0592. The highest BCUT2D eigenvalue weighted by molar-refractivity contribution is 5.88. The van der Waals surface area contributed by atoms with Crippen molar-refractivity contribution in [3.8, 4) is 11.1 Å². The van der Waals surface area contributed by atoms with Gasteiger partial charge in [-0.25, -0.2) is 9.89 Å². The largest absolute Gasteiger partial charge is 0.464 e. The molecule has 2 aromatic rings. The van der Waals surface area contributed by atoms with Crippen LogP contribution in [-0.2, 0) is 4.74 Å². The van der Waals surface area contributed by atoms with E-state index in [1.54, 1.807) is 12.1 Å². The van der Waals surface area contributed by atoms with Gasteiger partial charge in [-0.15, -0.1) is 0 Å². The fourth-order valence-corrected chi connectivity index (χ4v) is 1.45. The van der Waals surface area contributed by atoms with Crippen LogP contribution in [0.2, 0.25) is 0 Å². The van der Waals surface area contributed by atoms with Crippen molar-refractivity contribution >= 4 is 5.97 Å². The van der Waals surface area contributed by atoms with Crippen molar-refractivity contribution in [3.05, 3.63) is 52.4 Å². The summed E-state index contributed by atoms with van der Waals surface area (Å²) in [4.78, 5) is 22.9. The SMILES string of the molecule is COC(=O)c1cc(-c2ccccc2)c(=O)[nH]n1. The molecule has 1 heterocycles. The Morgan fingerprint density at radius 2 is 2.00 bits per heavy atom. The zero-order valence-electron chi connectivity index (χ0n) is 9.14. The molecule has 0 unspecified atom stereocenters. The van der Waals surface area contributed by atoms with Gasteiger partial charge in [-0.1, -0.05) is 30.3 Å². The molecule has 5 nitrogen and oxygen atoms in total. The van der Waals surface area contributed by atoms with Gasteiger partial charge in [0.25, 0.3) is 5.56 Å². The third kappa shape index (κ3) is 2.23. The summed E-state index contributed by atoms with van der Waals surface area (Å²) in [6.45, 7) is 0. The summed E-state index contributed by atoms with van der Waals surface area (Å²) in [6, 6.07) is 10.5. The molecule has 1 aromatic carbocycles. The topological polar surface area (TPSA) is 72.1 Å². The zero-order chi connectivity index (χ0) is 12.3. The van der Waals surface area contributed by atoms with E-state index in [0.717, 1.165) is 5.56 Å². The lowest BCUT2D eigenvalue weighted by atomic mass is 10.1. The molecule has 5 heteroatoms. The molecule has 0 saturated heterocycles. The van der Waals surface area contributed by atoms with Crippen LogP contribution < -0.4 is 5.56 Å². The number of H-pyrrole nitrogens is 1. The molecule has 1 N–H and O–H groups in total. The van der Waals surface area contributed by atoms with E-state index in [1.165, 1.54) is 13.2 Å². The first kappa shape index (κ1) is 11.1. The predicted molar refractivity (Wildman–Crippen MR) is 61.6 cm³/mol. The van der Waals surface area contributed by atoms with Crippen molar-refractivity contribution in [1.82, 2.24) is 10.2 Å². The number of carbonyl (C=O) groups excluding carboxylic acids is 1. The number of hydrogen-bond acceptors (Lipinski definition) is 4. The van der Waals surface area contributed by atoms with Crippen molar-refractivity contribution in [2.45, 2.75) is 0 Å². The number of aromatic amines is 1. The van der Waals surface area contributed by atoms with Crippen LogP contribution in [0.3, 0.4) is 0 Å².